The smallest absolute Gasteiger partial charge is 0.408 e. The van der Waals surface area contributed by atoms with E-state index in [-0.39, 0.29) is 0 Å². The molecular formula is C13H17N3O3. The van der Waals surface area contributed by atoms with Crippen LogP contribution in [0.5, 0.6) is 0 Å². The number of oxazole rings is 1. The predicted molar refractivity (Wildman–Crippen MR) is 72.6 cm³/mol. The Morgan fingerprint density at radius 3 is 3.21 bits per heavy atom. The van der Waals surface area contributed by atoms with Crippen molar-refractivity contribution in [3.63, 3.8) is 0 Å². The number of benzene rings is 1. The molecule has 1 aliphatic rings. The lowest BCUT2D eigenvalue weighted by Crippen LogP contribution is -2.42. The van der Waals surface area contributed by atoms with Gasteiger partial charge in [0.1, 0.15) is 0 Å². The van der Waals surface area contributed by atoms with Crippen molar-refractivity contribution in [2.45, 2.75) is 12.5 Å². The number of ether oxygens (including phenoxy) is 1. The summed E-state index contributed by atoms with van der Waals surface area (Å²) >= 11 is 0. The van der Waals surface area contributed by atoms with Crippen molar-refractivity contribution < 1.29 is 9.15 Å². The van der Waals surface area contributed by atoms with Gasteiger partial charge in [0.05, 0.1) is 18.7 Å². The highest BCUT2D eigenvalue weighted by Crippen LogP contribution is 2.16. The molecule has 1 aromatic heterocycles. The number of hydrogen-bond donors (Lipinski definition) is 3. The zero-order valence-corrected chi connectivity index (χ0v) is 10.6. The van der Waals surface area contributed by atoms with E-state index < -0.39 is 5.76 Å². The monoisotopic (exact) mass is 263 g/mol. The normalized spacial score (nSPS) is 19.7. The lowest BCUT2D eigenvalue weighted by molar-refractivity contribution is 0.0753. The lowest BCUT2D eigenvalue weighted by atomic mass is 10.2. The van der Waals surface area contributed by atoms with Gasteiger partial charge in [0.25, 0.3) is 0 Å². The summed E-state index contributed by atoms with van der Waals surface area (Å²) in [5.74, 6) is -0.421. The van der Waals surface area contributed by atoms with Crippen molar-refractivity contribution in [2.24, 2.45) is 0 Å². The maximum Gasteiger partial charge on any atom is 0.417 e. The molecule has 0 spiro atoms. The zero-order chi connectivity index (χ0) is 13.1. The van der Waals surface area contributed by atoms with E-state index >= 15 is 0 Å². The molecule has 102 valence electrons. The molecule has 1 aromatic carbocycles. The minimum atomic E-state index is -0.421. The molecule has 0 amide bonds. The van der Waals surface area contributed by atoms with Gasteiger partial charge in [0.15, 0.2) is 5.58 Å². The number of anilines is 1. The molecule has 2 aromatic rings. The van der Waals surface area contributed by atoms with Crippen molar-refractivity contribution in [2.75, 3.05) is 31.6 Å². The van der Waals surface area contributed by atoms with Crippen LogP contribution in [0.15, 0.2) is 27.4 Å². The first-order valence-corrected chi connectivity index (χ1v) is 6.49. The molecule has 0 saturated carbocycles. The largest absolute Gasteiger partial charge is 0.417 e. The van der Waals surface area contributed by atoms with Gasteiger partial charge in [0.2, 0.25) is 0 Å². The van der Waals surface area contributed by atoms with Gasteiger partial charge in [-0.3, -0.25) is 4.98 Å². The molecule has 1 aliphatic heterocycles. The molecule has 19 heavy (non-hydrogen) atoms. The number of aromatic amines is 1. The highest BCUT2D eigenvalue weighted by molar-refractivity contribution is 5.76. The van der Waals surface area contributed by atoms with Crippen LogP contribution in [0.4, 0.5) is 5.69 Å². The molecule has 3 N–H and O–H groups in total. The van der Waals surface area contributed by atoms with Crippen molar-refractivity contribution in [3.8, 4) is 0 Å². The van der Waals surface area contributed by atoms with Crippen LogP contribution >= 0.6 is 0 Å². The van der Waals surface area contributed by atoms with E-state index in [1.165, 1.54) is 0 Å². The highest BCUT2D eigenvalue weighted by Gasteiger charge is 2.12. The molecule has 1 fully saturated rings. The SMILES string of the molecule is O=c1[nH]c2ccc(NCCC3COCCN3)cc2o1. The van der Waals surface area contributed by atoms with Gasteiger partial charge in [-0.15, -0.1) is 0 Å². The summed E-state index contributed by atoms with van der Waals surface area (Å²) in [6.07, 6.45) is 0.995. The van der Waals surface area contributed by atoms with E-state index in [2.05, 4.69) is 15.6 Å². The van der Waals surface area contributed by atoms with Crippen molar-refractivity contribution in [3.05, 3.63) is 28.7 Å². The van der Waals surface area contributed by atoms with E-state index in [1.54, 1.807) is 0 Å². The second kappa shape index (κ2) is 5.46. The first kappa shape index (κ1) is 12.3. The third kappa shape index (κ3) is 2.97. The Morgan fingerprint density at radius 2 is 2.37 bits per heavy atom. The molecule has 0 bridgehead atoms. The van der Waals surface area contributed by atoms with Crippen molar-refractivity contribution >= 4 is 16.8 Å². The predicted octanol–water partition coefficient (Wildman–Crippen LogP) is 0.911. The van der Waals surface area contributed by atoms with Gasteiger partial charge in [-0.05, 0) is 18.6 Å². The Labute approximate surface area is 110 Å². The number of aromatic nitrogens is 1. The topological polar surface area (TPSA) is 79.3 Å². The highest BCUT2D eigenvalue weighted by atomic mass is 16.5. The van der Waals surface area contributed by atoms with Crippen LogP contribution in [0.3, 0.4) is 0 Å². The molecule has 0 radical (unpaired) electrons. The van der Waals surface area contributed by atoms with Crippen LogP contribution in [-0.2, 0) is 4.74 Å². The number of morpholine rings is 1. The summed E-state index contributed by atoms with van der Waals surface area (Å²) in [5, 5.41) is 6.73. The van der Waals surface area contributed by atoms with Crippen LogP contribution in [0.25, 0.3) is 11.1 Å². The van der Waals surface area contributed by atoms with Crippen LogP contribution in [0.2, 0.25) is 0 Å². The lowest BCUT2D eigenvalue weighted by Gasteiger charge is -2.23. The summed E-state index contributed by atoms with van der Waals surface area (Å²) in [6, 6.07) is 6.01. The molecule has 1 saturated heterocycles. The maximum absolute atomic E-state index is 11.1. The average molecular weight is 263 g/mol. The van der Waals surface area contributed by atoms with Gasteiger partial charge >= 0.3 is 5.76 Å². The van der Waals surface area contributed by atoms with Gasteiger partial charge in [-0.2, -0.15) is 0 Å². The number of hydrogen-bond acceptors (Lipinski definition) is 5. The first-order valence-electron chi connectivity index (χ1n) is 6.49. The fourth-order valence-electron chi connectivity index (χ4n) is 2.25. The Kier molecular flexibility index (Phi) is 3.52. The molecule has 1 atom stereocenters. The molecule has 2 heterocycles. The summed E-state index contributed by atoms with van der Waals surface area (Å²) in [6.45, 7) is 3.34. The zero-order valence-electron chi connectivity index (χ0n) is 10.6. The van der Waals surface area contributed by atoms with Crippen LogP contribution < -0.4 is 16.4 Å². The summed E-state index contributed by atoms with van der Waals surface area (Å²) in [5.41, 5.74) is 2.25. The number of rotatable bonds is 4. The second-order valence-corrected chi connectivity index (χ2v) is 4.67. The van der Waals surface area contributed by atoms with E-state index in [9.17, 15) is 4.79 Å². The number of H-pyrrole nitrogens is 1. The summed E-state index contributed by atoms with van der Waals surface area (Å²) < 4.78 is 10.4. The third-order valence-electron chi connectivity index (χ3n) is 3.24. The maximum atomic E-state index is 11.1. The Balaban J connectivity index is 1.57. The Hall–Kier alpha value is -1.79. The van der Waals surface area contributed by atoms with Crippen LogP contribution in [0, 0.1) is 0 Å². The first-order chi connectivity index (χ1) is 9.31. The standard InChI is InChI=1S/C13H17N3O3/c17-13-16-11-2-1-9(7-12(11)19-13)14-4-3-10-8-18-6-5-15-10/h1-2,7,10,14-15H,3-6,8H2,(H,16,17). The van der Waals surface area contributed by atoms with E-state index in [0.717, 1.165) is 43.9 Å². The number of fused-ring (bicyclic) bond motifs is 1. The second-order valence-electron chi connectivity index (χ2n) is 4.67. The third-order valence-corrected chi connectivity index (χ3v) is 3.24. The van der Waals surface area contributed by atoms with Gasteiger partial charge in [-0.25, -0.2) is 4.79 Å². The quantitative estimate of drug-likeness (QED) is 0.764. The van der Waals surface area contributed by atoms with E-state index in [1.807, 2.05) is 18.2 Å². The van der Waals surface area contributed by atoms with Crippen LogP contribution in [-0.4, -0.2) is 37.3 Å². The molecule has 6 heteroatoms. The van der Waals surface area contributed by atoms with Gasteiger partial charge in [0, 0.05) is 30.9 Å². The summed E-state index contributed by atoms with van der Waals surface area (Å²) in [4.78, 5) is 13.7. The van der Waals surface area contributed by atoms with Gasteiger partial charge in [-0.1, -0.05) is 0 Å². The summed E-state index contributed by atoms with van der Waals surface area (Å²) in [7, 11) is 0. The Bertz CT molecular complexity index is 598. The molecule has 1 unspecified atom stereocenters. The molecular weight excluding hydrogens is 246 g/mol. The molecule has 3 rings (SSSR count). The minimum Gasteiger partial charge on any atom is -0.408 e. The minimum absolute atomic E-state index is 0.412. The van der Waals surface area contributed by atoms with E-state index in [0.29, 0.717) is 11.6 Å². The van der Waals surface area contributed by atoms with Crippen LogP contribution in [0.1, 0.15) is 6.42 Å². The average Bonchev–Trinajstić information content (AvgIpc) is 2.79. The number of nitrogens with one attached hydrogen (secondary N) is 3. The molecule has 6 nitrogen and oxygen atoms in total. The van der Waals surface area contributed by atoms with Crippen molar-refractivity contribution in [1.29, 1.82) is 0 Å². The van der Waals surface area contributed by atoms with Crippen molar-refractivity contribution in [1.82, 2.24) is 10.3 Å². The fourth-order valence-corrected chi connectivity index (χ4v) is 2.25. The molecule has 0 aliphatic carbocycles. The fraction of sp³-hybridized carbons (Fsp3) is 0.462. The Morgan fingerprint density at radius 1 is 1.42 bits per heavy atom. The van der Waals surface area contributed by atoms with Gasteiger partial charge < -0.3 is 19.8 Å². The van der Waals surface area contributed by atoms with E-state index in [4.69, 9.17) is 9.15 Å².